The van der Waals surface area contributed by atoms with E-state index in [4.69, 9.17) is 9.73 Å². The summed E-state index contributed by atoms with van der Waals surface area (Å²) in [7, 11) is -1.91. The van der Waals surface area contributed by atoms with E-state index in [9.17, 15) is 22.0 Å². The van der Waals surface area contributed by atoms with Gasteiger partial charge in [0, 0.05) is 41.0 Å². The van der Waals surface area contributed by atoms with Crippen molar-refractivity contribution in [1.29, 1.82) is 0 Å². The lowest BCUT2D eigenvalue weighted by molar-refractivity contribution is -0.120. The van der Waals surface area contributed by atoms with Gasteiger partial charge >= 0.3 is 0 Å². The number of allylic oxidation sites excluding steroid dienone is 1. The van der Waals surface area contributed by atoms with Gasteiger partial charge in [0.15, 0.2) is 0 Å². The van der Waals surface area contributed by atoms with Gasteiger partial charge in [0.05, 0.1) is 31.5 Å². The maximum Gasteiger partial charge on any atom is 0.229 e. The van der Waals surface area contributed by atoms with Gasteiger partial charge in [-0.05, 0) is 79.4 Å². The predicted octanol–water partition coefficient (Wildman–Crippen LogP) is 5.66. The van der Waals surface area contributed by atoms with Crippen molar-refractivity contribution in [2.45, 2.75) is 32.7 Å². The number of carbonyl (C=O) groups is 1. The van der Waals surface area contributed by atoms with Gasteiger partial charge in [-0.2, -0.15) is 0 Å². The number of methoxy groups -OCH3 is 1. The number of hydrogen-bond acceptors (Lipinski definition) is 5. The second-order valence-corrected chi connectivity index (χ2v) is 11.8. The normalized spacial score (nSPS) is 13.2. The van der Waals surface area contributed by atoms with E-state index in [2.05, 4.69) is 15.0 Å². The van der Waals surface area contributed by atoms with Crippen LogP contribution in [0.4, 0.5) is 14.5 Å². The summed E-state index contributed by atoms with van der Waals surface area (Å²) in [6.45, 7) is 4.14. The number of sulfonamides is 1. The lowest BCUT2D eigenvalue weighted by Crippen LogP contribution is -2.43. The van der Waals surface area contributed by atoms with Gasteiger partial charge in [0.2, 0.25) is 15.9 Å². The summed E-state index contributed by atoms with van der Waals surface area (Å²) >= 11 is 0. The molecule has 0 bridgehead atoms. The Bertz CT molecular complexity index is 1760. The number of aliphatic imine (C=N–C) groups is 1. The fourth-order valence-corrected chi connectivity index (χ4v) is 5.54. The van der Waals surface area contributed by atoms with Crippen molar-refractivity contribution in [3.63, 3.8) is 0 Å². The van der Waals surface area contributed by atoms with Gasteiger partial charge in [0.1, 0.15) is 17.4 Å². The predicted molar refractivity (Wildman–Crippen MR) is 167 cm³/mol. The van der Waals surface area contributed by atoms with Crippen LogP contribution < -0.4 is 14.8 Å². The summed E-state index contributed by atoms with van der Waals surface area (Å²) < 4.78 is 59.5. The number of hydrogen-bond donors (Lipinski definition) is 3. The summed E-state index contributed by atoms with van der Waals surface area (Å²) in [4.78, 5) is 21.4. The Morgan fingerprint density at radius 2 is 1.77 bits per heavy atom. The molecule has 1 atom stereocenters. The van der Waals surface area contributed by atoms with Crippen LogP contribution in [0, 0.1) is 11.6 Å². The van der Waals surface area contributed by atoms with Crippen LogP contribution in [0.3, 0.4) is 0 Å². The summed E-state index contributed by atoms with van der Waals surface area (Å²) in [6, 6.07) is 15.0. The van der Waals surface area contributed by atoms with Crippen LogP contribution in [-0.4, -0.2) is 51.0 Å². The lowest BCUT2D eigenvalue weighted by Gasteiger charge is -2.24. The highest BCUT2D eigenvalue weighted by molar-refractivity contribution is 7.92. The highest BCUT2D eigenvalue weighted by Gasteiger charge is 2.24. The number of ether oxygens (including phenoxy) is 1. The number of aromatic nitrogens is 1. The first-order valence-electron chi connectivity index (χ1n) is 13.7. The maximum absolute atomic E-state index is 14.2. The Morgan fingerprint density at radius 1 is 1.07 bits per heavy atom. The van der Waals surface area contributed by atoms with Gasteiger partial charge in [-0.1, -0.05) is 18.2 Å². The van der Waals surface area contributed by atoms with Gasteiger partial charge in [-0.25, -0.2) is 17.2 Å². The molecule has 1 unspecified atom stereocenters. The van der Waals surface area contributed by atoms with Crippen molar-refractivity contribution in [3.05, 3.63) is 101 Å². The minimum Gasteiger partial charge on any atom is -0.497 e. The molecular weight excluding hydrogens is 574 g/mol. The number of anilines is 1. The molecule has 0 fully saturated rings. The molecule has 1 amide bonds. The van der Waals surface area contributed by atoms with Gasteiger partial charge in [0.25, 0.3) is 0 Å². The largest absolute Gasteiger partial charge is 0.497 e. The average molecular weight is 609 g/mol. The number of nitrogens with one attached hydrogen (secondary N) is 3. The zero-order chi connectivity index (χ0) is 31.1. The molecule has 0 saturated carbocycles. The molecule has 226 valence electrons. The maximum atomic E-state index is 14.2. The van der Waals surface area contributed by atoms with Crippen molar-refractivity contribution in [1.82, 2.24) is 10.3 Å². The van der Waals surface area contributed by atoms with Crippen LogP contribution in [0.15, 0.2) is 77.9 Å². The zero-order valence-electron chi connectivity index (χ0n) is 24.4. The van der Waals surface area contributed by atoms with E-state index in [0.717, 1.165) is 29.0 Å². The summed E-state index contributed by atoms with van der Waals surface area (Å²) in [6.07, 6.45) is 4.69. The SMILES string of the molecule is CC=C(C(=NCC)C(Cc1cc(F)cc(F)c1)NC(=O)Cc1c[nH]c2ccc(NS(C)(=O)=O)cc12)c1ccc(OC)cc1. The molecule has 3 N–H and O–H groups in total. The van der Waals surface area contributed by atoms with Gasteiger partial charge in [-0.3, -0.25) is 14.5 Å². The monoisotopic (exact) mass is 608 g/mol. The number of carbonyl (C=O) groups excluding carboxylic acids is 1. The number of aromatic amines is 1. The highest BCUT2D eigenvalue weighted by atomic mass is 32.2. The fourth-order valence-electron chi connectivity index (χ4n) is 4.99. The second-order valence-electron chi connectivity index (χ2n) is 10.0. The minimum atomic E-state index is -3.49. The van der Waals surface area contributed by atoms with E-state index < -0.39 is 27.7 Å². The Kier molecular flexibility index (Phi) is 9.97. The fraction of sp³-hybridized carbons (Fsp3) is 0.250. The molecule has 0 aliphatic heterocycles. The smallest absolute Gasteiger partial charge is 0.229 e. The van der Waals surface area contributed by atoms with Gasteiger partial charge in [-0.15, -0.1) is 0 Å². The van der Waals surface area contributed by atoms with Crippen molar-refractivity contribution < 1.29 is 26.7 Å². The number of benzene rings is 3. The number of rotatable bonds is 12. The van der Waals surface area contributed by atoms with E-state index in [0.29, 0.717) is 40.2 Å². The highest BCUT2D eigenvalue weighted by Crippen LogP contribution is 2.25. The molecule has 0 saturated heterocycles. The Morgan fingerprint density at radius 3 is 2.37 bits per heavy atom. The first-order valence-corrected chi connectivity index (χ1v) is 15.6. The quantitative estimate of drug-likeness (QED) is 0.180. The van der Waals surface area contributed by atoms with E-state index in [1.54, 1.807) is 31.5 Å². The molecule has 0 spiro atoms. The van der Waals surface area contributed by atoms with E-state index in [-0.39, 0.29) is 18.7 Å². The van der Waals surface area contributed by atoms with Crippen molar-refractivity contribution in [3.8, 4) is 5.75 Å². The molecule has 11 heteroatoms. The van der Waals surface area contributed by atoms with Crippen LogP contribution in [0.5, 0.6) is 5.75 Å². The molecule has 0 aliphatic rings. The standard InChI is InChI=1S/C32H34F2N4O4S/c1-5-27(21-7-10-26(42-3)11-8-21)32(35-6-2)30(15-20-13-23(33)17-24(34)14-20)37-31(39)16-22-19-36-29-12-9-25(18-28(22)29)38-43(4,40)41/h5,7-14,17-19,30,36,38H,6,15-16H2,1-4H3,(H,37,39). The number of nitrogens with zero attached hydrogens (tertiary/aromatic N) is 1. The topological polar surface area (TPSA) is 113 Å². The Balaban J connectivity index is 1.68. The summed E-state index contributed by atoms with van der Waals surface area (Å²) in [5.74, 6) is -1.10. The molecule has 4 rings (SSSR count). The molecular formula is C32H34F2N4O4S. The number of amides is 1. The molecule has 0 aliphatic carbocycles. The van der Waals surface area contributed by atoms with Crippen LogP contribution in [0.2, 0.25) is 0 Å². The Hall–Kier alpha value is -4.51. The number of fused-ring (bicyclic) bond motifs is 1. The van der Waals surface area contributed by atoms with Crippen molar-refractivity contribution >= 4 is 43.8 Å². The summed E-state index contributed by atoms with van der Waals surface area (Å²) in [5.41, 5.74) is 4.27. The van der Waals surface area contributed by atoms with Crippen molar-refractivity contribution in [2.75, 3.05) is 24.6 Å². The third-order valence-corrected chi connectivity index (χ3v) is 7.35. The van der Waals surface area contributed by atoms with Crippen LogP contribution in [-0.2, 0) is 27.7 Å². The molecule has 1 heterocycles. The van der Waals surface area contributed by atoms with Crippen molar-refractivity contribution in [2.24, 2.45) is 4.99 Å². The molecule has 1 aromatic heterocycles. The third kappa shape index (κ3) is 8.29. The van der Waals surface area contributed by atoms with E-state index >= 15 is 0 Å². The van der Waals surface area contributed by atoms with Crippen LogP contribution in [0.25, 0.3) is 16.5 Å². The van der Waals surface area contributed by atoms with E-state index in [1.807, 2.05) is 44.2 Å². The van der Waals surface area contributed by atoms with Crippen LogP contribution in [0.1, 0.15) is 30.5 Å². The number of halogens is 2. The van der Waals surface area contributed by atoms with Gasteiger partial charge < -0.3 is 15.0 Å². The first-order chi connectivity index (χ1) is 20.5. The lowest BCUT2D eigenvalue weighted by atomic mass is 9.91. The third-order valence-electron chi connectivity index (χ3n) is 6.74. The molecule has 8 nitrogen and oxygen atoms in total. The molecule has 0 radical (unpaired) electrons. The van der Waals surface area contributed by atoms with E-state index in [1.165, 1.54) is 12.1 Å². The minimum absolute atomic E-state index is 0.0382. The van der Waals surface area contributed by atoms with Crippen LogP contribution >= 0.6 is 0 Å². The Labute approximate surface area is 249 Å². The number of H-pyrrole nitrogens is 1. The molecule has 4 aromatic rings. The first kappa shape index (κ1) is 31.4. The average Bonchev–Trinajstić information content (AvgIpc) is 3.33. The molecule has 43 heavy (non-hydrogen) atoms. The second kappa shape index (κ2) is 13.6. The summed E-state index contributed by atoms with van der Waals surface area (Å²) in [5, 5.41) is 3.73. The molecule has 3 aromatic carbocycles. The zero-order valence-corrected chi connectivity index (χ0v) is 25.2.